The smallest absolute Gasteiger partial charge is 0.254 e. The fourth-order valence-corrected chi connectivity index (χ4v) is 5.68. The number of likely N-dealkylation sites (tertiary alicyclic amines) is 1. The number of amides is 1. The highest BCUT2D eigenvalue weighted by Crippen LogP contribution is 2.37. The quantitative estimate of drug-likeness (QED) is 0.166. The van der Waals surface area contributed by atoms with Crippen LogP contribution in [-0.4, -0.2) is 35.1 Å². The van der Waals surface area contributed by atoms with Crippen LogP contribution in [0.15, 0.2) is 84.8 Å². The van der Waals surface area contributed by atoms with Gasteiger partial charge in [-0.05, 0) is 41.8 Å². The predicted molar refractivity (Wildman–Crippen MR) is 166 cm³/mol. The summed E-state index contributed by atoms with van der Waals surface area (Å²) in [5, 5.41) is 18.3. The number of carbonyl (C=O) groups is 1. The lowest BCUT2D eigenvalue weighted by Crippen LogP contribution is -2.51. The molecule has 1 fully saturated rings. The van der Waals surface area contributed by atoms with Crippen LogP contribution in [0.3, 0.4) is 0 Å². The van der Waals surface area contributed by atoms with Gasteiger partial charge >= 0.3 is 0 Å². The molecule has 1 aromatic heterocycles. The zero-order valence-electron chi connectivity index (χ0n) is 23.4. The topological polar surface area (TPSA) is 117 Å². The molecule has 2 aliphatic rings. The lowest BCUT2D eigenvalue weighted by molar-refractivity contribution is 0.0400. The largest absolute Gasteiger partial charge is 0.377 e. The summed E-state index contributed by atoms with van der Waals surface area (Å²) >= 11 is 6.79. The van der Waals surface area contributed by atoms with E-state index in [-0.39, 0.29) is 25.0 Å². The highest BCUT2D eigenvalue weighted by molar-refractivity contribution is 6.35. The Hall–Kier alpha value is -4.85. The number of nitrogens with zero attached hydrogens (tertiary/aromatic N) is 3. The maximum absolute atomic E-state index is 13.4. The Kier molecular flexibility index (Phi) is 8.01. The molecule has 3 heterocycles. The van der Waals surface area contributed by atoms with E-state index in [0.29, 0.717) is 38.4 Å². The maximum Gasteiger partial charge on any atom is 0.254 e. The summed E-state index contributed by atoms with van der Waals surface area (Å²) in [4.78, 5) is 19.0. The minimum absolute atomic E-state index is 0.0357. The van der Waals surface area contributed by atoms with E-state index in [2.05, 4.69) is 57.1 Å². The lowest BCUT2D eigenvalue weighted by atomic mass is 9.99. The minimum Gasteiger partial charge on any atom is -0.377 e. The van der Waals surface area contributed by atoms with Crippen molar-refractivity contribution in [2.45, 2.75) is 31.6 Å². The number of alkyl halides is 1. The zero-order chi connectivity index (χ0) is 29.9. The van der Waals surface area contributed by atoms with Gasteiger partial charge in [0.15, 0.2) is 0 Å². The second-order valence-electron chi connectivity index (χ2n) is 10.5. The molecule has 0 radical (unpaired) electrons. The number of anilines is 2. The summed E-state index contributed by atoms with van der Waals surface area (Å²) in [5.41, 5.74) is 14.4. The average Bonchev–Trinajstić information content (AvgIpc) is 3.56. The third-order valence-electron chi connectivity index (χ3n) is 7.69. The summed E-state index contributed by atoms with van der Waals surface area (Å²) in [7, 11) is 0. The number of nitrogens with one attached hydrogen (secondary N) is 5. The molecule has 6 rings (SSSR count). The molecule has 218 valence electrons. The molecule has 0 spiro atoms. The number of pyridine rings is 1. The van der Waals surface area contributed by atoms with Crippen molar-refractivity contribution >= 4 is 39.8 Å². The van der Waals surface area contributed by atoms with Crippen LogP contribution in [0.2, 0.25) is 5.02 Å². The van der Waals surface area contributed by atoms with Crippen molar-refractivity contribution in [3.8, 4) is 6.07 Å². The first-order valence-electron chi connectivity index (χ1n) is 14.1. The van der Waals surface area contributed by atoms with Crippen LogP contribution in [0.4, 0.5) is 15.8 Å². The molecule has 1 saturated heterocycles. The van der Waals surface area contributed by atoms with E-state index in [4.69, 9.17) is 11.6 Å². The summed E-state index contributed by atoms with van der Waals surface area (Å²) in [5.74, 6) is -0.206. The number of hydrazine groups is 2. The first-order valence-corrected chi connectivity index (χ1v) is 14.4. The molecule has 2 atom stereocenters. The number of carbonyl (C=O) groups excluding carboxylic acids is 1. The summed E-state index contributed by atoms with van der Waals surface area (Å²) in [6, 6.07) is 22.9. The van der Waals surface area contributed by atoms with Crippen LogP contribution >= 0.6 is 11.6 Å². The molecule has 3 aromatic carbocycles. The second kappa shape index (κ2) is 12.2. The van der Waals surface area contributed by atoms with Crippen molar-refractivity contribution in [2.75, 3.05) is 23.7 Å². The van der Waals surface area contributed by atoms with Crippen LogP contribution in [0.1, 0.15) is 52.5 Å². The van der Waals surface area contributed by atoms with Gasteiger partial charge in [0, 0.05) is 29.0 Å². The van der Waals surface area contributed by atoms with Crippen LogP contribution in [0.25, 0.3) is 10.9 Å². The second-order valence-corrected chi connectivity index (χ2v) is 10.9. The van der Waals surface area contributed by atoms with E-state index in [0.717, 1.165) is 23.2 Å². The van der Waals surface area contributed by atoms with Gasteiger partial charge in [0.25, 0.3) is 5.91 Å². The average molecular weight is 597 g/mol. The fourth-order valence-electron chi connectivity index (χ4n) is 5.41. The predicted octanol–water partition coefficient (Wildman–Crippen LogP) is 5.72. The molecule has 0 unspecified atom stereocenters. The number of benzene rings is 3. The number of halogens is 2. The monoisotopic (exact) mass is 596 g/mol. The SMILES string of the molecule is CC[C@@H](Nc1c(C#N)cnc2c(Cl)cc(N[C@H](C3=CNNN3)c3cccc(C(=O)N4CC(F)C4)c3)cc12)c1ccccc1. The molecule has 0 bridgehead atoms. The highest BCUT2D eigenvalue weighted by atomic mass is 35.5. The normalized spacial score (nSPS) is 15.9. The van der Waals surface area contributed by atoms with Crippen molar-refractivity contribution in [3.63, 3.8) is 0 Å². The van der Waals surface area contributed by atoms with Crippen molar-refractivity contribution in [1.29, 1.82) is 5.26 Å². The van der Waals surface area contributed by atoms with Gasteiger partial charge in [-0.15, -0.1) is 0 Å². The summed E-state index contributed by atoms with van der Waals surface area (Å²) in [6.07, 6.45) is 3.15. The first-order chi connectivity index (χ1) is 20.9. The standard InChI is InChI=1S/C32H30ClFN8O/c1-2-27(19-7-4-3-5-8-19)39-29-22(14-35)15-36-31-25(29)12-24(13-26(31)33)38-30(28-16-37-41-40-28)20-9-6-10-21(11-20)32(43)42-17-23(34)18-42/h3-13,15-16,23,27,30,37-38,40-41H,2,17-18H2,1H3,(H,36,39)/t27-,30+/m1/s1. The highest BCUT2D eigenvalue weighted by Gasteiger charge is 2.31. The molecule has 4 aromatic rings. The van der Waals surface area contributed by atoms with Crippen molar-refractivity contribution in [2.24, 2.45) is 0 Å². The van der Waals surface area contributed by atoms with Gasteiger partial charge in [0.05, 0.1) is 52.7 Å². The van der Waals surface area contributed by atoms with Crippen molar-refractivity contribution in [3.05, 3.63) is 112 Å². The van der Waals surface area contributed by atoms with Gasteiger partial charge in [-0.1, -0.05) is 61.0 Å². The summed E-state index contributed by atoms with van der Waals surface area (Å²) < 4.78 is 13.4. The van der Waals surface area contributed by atoms with Crippen molar-refractivity contribution in [1.82, 2.24) is 26.3 Å². The Balaban J connectivity index is 1.38. The minimum atomic E-state index is -0.972. The molecule has 11 heteroatoms. The fraction of sp³-hybridized carbons (Fsp3) is 0.219. The van der Waals surface area contributed by atoms with E-state index in [1.165, 1.54) is 4.90 Å². The van der Waals surface area contributed by atoms with E-state index < -0.39 is 12.2 Å². The van der Waals surface area contributed by atoms with Crippen LogP contribution in [0.5, 0.6) is 0 Å². The molecular formula is C32H30ClFN8O. The molecule has 1 amide bonds. The summed E-state index contributed by atoms with van der Waals surface area (Å²) in [6.45, 7) is 2.31. The van der Waals surface area contributed by atoms with Gasteiger partial charge < -0.3 is 26.4 Å². The van der Waals surface area contributed by atoms with E-state index in [9.17, 15) is 14.4 Å². The number of fused-ring (bicyclic) bond motifs is 1. The number of rotatable bonds is 9. The molecule has 0 saturated carbocycles. The Labute approximate surface area is 253 Å². The zero-order valence-corrected chi connectivity index (χ0v) is 24.1. The molecule has 2 aliphatic heterocycles. The number of hydrogen-bond acceptors (Lipinski definition) is 8. The number of nitriles is 1. The molecular weight excluding hydrogens is 567 g/mol. The van der Waals surface area contributed by atoms with Gasteiger partial charge in [-0.25, -0.2) is 4.39 Å². The van der Waals surface area contributed by atoms with Gasteiger partial charge in [-0.2, -0.15) is 10.8 Å². The van der Waals surface area contributed by atoms with Gasteiger partial charge in [-0.3, -0.25) is 9.78 Å². The first kappa shape index (κ1) is 28.3. The van der Waals surface area contributed by atoms with E-state index >= 15 is 0 Å². The Morgan fingerprint density at radius 2 is 1.93 bits per heavy atom. The Bertz CT molecular complexity index is 1740. The molecule has 5 N–H and O–H groups in total. The van der Waals surface area contributed by atoms with Crippen LogP contribution in [-0.2, 0) is 0 Å². The van der Waals surface area contributed by atoms with E-state index in [1.54, 1.807) is 24.5 Å². The van der Waals surface area contributed by atoms with Gasteiger partial charge in [0.2, 0.25) is 0 Å². The molecule has 43 heavy (non-hydrogen) atoms. The van der Waals surface area contributed by atoms with Gasteiger partial charge in [0.1, 0.15) is 12.2 Å². The third-order valence-corrected chi connectivity index (χ3v) is 7.98. The molecule has 9 nitrogen and oxygen atoms in total. The number of aromatic nitrogens is 1. The Morgan fingerprint density at radius 1 is 1.14 bits per heavy atom. The van der Waals surface area contributed by atoms with Crippen LogP contribution in [0, 0.1) is 11.3 Å². The molecule has 0 aliphatic carbocycles. The van der Waals surface area contributed by atoms with Crippen LogP contribution < -0.4 is 27.0 Å². The third kappa shape index (κ3) is 5.78. The maximum atomic E-state index is 13.4. The van der Waals surface area contributed by atoms with E-state index in [1.807, 2.05) is 42.5 Å². The Morgan fingerprint density at radius 3 is 2.63 bits per heavy atom. The number of hydrogen-bond donors (Lipinski definition) is 5. The van der Waals surface area contributed by atoms with Crippen molar-refractivity contribution < 1.29 is 9.18 Å². The lowest BCUT2D eigenvalue weighted by Gasteiger charge is -2.34.